The molecule has 3 heterocycles. The molecule has 8 nitrogen and oxygen atoms in total. The lowest BCUT2D eigenvalue weighted by Gasteiger charge is -2.09. The summed E-state index contributed by atoms with van der Waals surface area (Å²) in [6, 6.07) is 3.12. The van der Waals surface area contributed by atoms with Crippen LogP contribution < -0.4 is 16.6 Å². The predicted octanol–water partition coefficient (Wildman–Crippen LogP) is 1.04. The van der Waals surface area contributed by atoms with Gasteiger partial charge >= 0.3 is 5.69 Å². The Hall–Kier alpha value is -2.81. The molecular weight excluding hydrogens is 378 g/mol. The van der Waals surface area contributed by atoms with Crippen LogP contribution in [-0.4, -0.2) is 25.0 Å². The highest BCUT2D eigenvalue weighted by Gasteiger charge is 2.12. The summed E-state index contributed by atoms with van der Waals surface area (Å²) in [5, 5.41) is 2.90. The second-order valence-corrected chi connectivity index (χ2v) is 6.06. The molecule has 122 valence electrons. The lowest BCUT2D eigenvalue weighted by molar-refractivity contribution is 0.102. The average molecular weight is 390 g/mol. The van der Waals surface area contributed by atoms with Crippen molar-refractivity contribution in [3.63, 3.8) is 0 Å². The van der Waals surface area contributed by atoms with Crippen LogP contribution in [0.4, 0.5) is 5.69 Å². The van der Waals surface area contributed by atoms with Crippen molar-refractivity contribution < 1.29 is 4.79 Å². The molecule has 0 saturated carbocycles. The van der Waals surface area contributed by atoms with Crippen LogP contribution in [0.15, 0.2) is 44.8 Å². The standard InChI is InChI=1S/C15H12BrN5O3/c1-20-12-11(14(23)21(2)15(20)24)4-10(7-18-12)19-13(22)8-3-9(16)6-17-5-8/h3-7H,1-2H3,(H,19,22). The molecule has 0 aliphatic heterocycles. The van der Waals surface area contributed by atoms with Crippen LogP contribution in [0.2, 0.25) is 0 Å². The molecular formula is C15H12BrN5O3. The van der Waals surface area contributed by atoms with Crippen molar-refractivity contribution >= 4 is 38.6 Å². The Morgan fingerprint density at radius 3 is 2.58 bits per heavy atom. The summed E-state index contributed by atoms with van der Waals surface area (Å²) in [5.74, 6) is -0.383. The number of hydrogen-bond acceptors (Lipinski definition) is 5. The zero-order chi connectivity index (χ0) is 17.4. The van der Waals surface area contributed by atoms with Gasteiger partial charge in [0.25, 0.3) is 11.5 Å². The highest BCUT2D eigenvalue weighted by molar-refractivity contribution is 9.10. The molecule has 3 aromatic rings. The van der Waals surface area contributed by atoms with E-state index < -0.39 is 11.2 Å². The maximum absolute atomic E-state index is 12.2. The second-order valence-electron chi connectivity index (χ2n) is 5.15. The van der Waals surface area contributed by atoms with E-state index >= 15 is 0 Å². The normalized spacial score (nSPS) is 10.8. The van der Waals surface area contributed by atoms with Gasteiger partial charge in [-0.05, 0) is 28.1 Å². The number of nitrogens with one attached hydrogen (secondary N) is 1. The number of carbonyl (C=O) groups excluding carboxylic acids is 1. The average Bonchev–Trinajstić information content (AvgIpc) is 2.58. The fourth-order valence-electron chi connectivity index (χ4n) is 2.27. The molecule has 3 rings (SSSR count). The monoisotopic (exact) mass is 389 g/mol. The Labute approximate surface area is 143 Å². The molecule has 0 aliphatic rings. The van der Waals surface area contributed by atoms with Gasteiger partial charge in [0.05, 0.1) is 22.8 Å². The fourth-order valence-corrected chi connectivity index (χ4v) is 2.64. The third-order valence-corrected chi connectivity index (χ3v) is 3.95. The summed E-state index contributed by atoms with van der Waals surface area (Å²) >= 11 is 3.25. The summed E-state index contributed by atoms with van der Waals surface area (Å²) < 4.78 is 2.95. The van der Waals surface area contributed by atoms with Gasteiger partial charge in [-0.2, -0.15) is 0 Å². The number of pyridine rings is 2. The van der Waals surface area contributed by atoms with Crippen molar-refractivity contribution in [2.45, 2.75) is 0 Å². The van der Waals surface area contributed by atoms with Crippen molar-refractivity contribution in [3.05, 3.63) is 61.6 Å². The molecule has 0 unspecified atom stereocenters. The van der Waals surface area contributed by atoms with E-state index in [1.165, 1.54) is 37.1 Å². The molecule has 0 aliphatic carbocycles. The number of aryl methyl sites for hydroxylation is 1. The van der Waals surface area contributed by atoms with E-state index in [9.17, 15) is 14.4 Å². The zero-order valence-electron chi connectivity index (χ0n) is 12.8. The minimum absolute atomic E-state index is 0.241. The Kier molecular flexibility index (Phi) is 4.02. The molecule has 0 spiro atoms. The van der Waals surface area contributed by atoms with Gasteiger partial charge in [-0.25, -0.2) is 9.78 Å². The van der Waals surface area contributed by atoms with Gasteiger partial charge in [-0.15, -0.1) is 0 Å². The smallest absolute Gasteiger partial charge is 0.321 e. The van der Waals surface area contributed by atoms with Gasteiger partial charge in [0, 0.05) is 31.0 Å². The SMILES string of the molecule is Cn1c(=O)c2cc(NC(=O)c3cncc(Br)c3)cnc2n(C)c1=O. The number of hydrogen-bond donors (Lipinski definition) is 1. The van der Waals surface area contributed by atoms with E-state index in [1.807, 2.05) is 0 Å². The molecule has 3 aromatic heterocycles. The Balaban J connectivity index is 2.04. The first-order chi connectivity index (χ1) is 11.4. The summed E-state index contributed by atoms with van der Waals surface area (Å²) in [6.45, 7) is 0. The number of halogens is 1. The van der Waals surface area contributed by atoms with Gasteiger partial charge in [0.1, 0.15) is 5.65 Å². The summed E-state index contributed by atoms with van der Waals surface area (Å²) in [4.78, 5) is 44.4. The Morgan fingerprint density at radius 1 is 1.12 bits per heavy atom. The van der Waals surface area contributed by atoms with E-state index in [-0.39, 0.29) is 16.9 Å². The lowest BCUT2D eigenvalue weighted by atomic mass is 10.2. The lowest BCUT2D eigenvalue weighted by Crippen LogP contribution is -2.37. The van der Waals surface area contributed by atoms with Crippen molar-refractivity contribution in [2.24, 2.45) is 14.1 Å². The first kappa shape index (κ1) is 16.1. The van der Waals surface area contributed by atoms with E-state index in [4.69, 9.17) is 0 Å². The summed E-state index contributed by atoms with van der Waals surface area (Å²) in [5.41, 5.74) is 0.0316. The minimum atomic E-state index is -0.471. The van der Waals surface area contributed by atoms with Crippen LogP contribution in [0, 0.1) is 0 Å². The van der Waals surface area contributed by atoms with Gasteiger partial charge < -0.3 is 5.32 Å². The number of carbonyl (C=O) groups is 1. The largest absolute Gasteiger partial charge is 0.332 e. The van der Waals surface area contributed by atoms with Crippen LogP contribution in [0.25, 0.3) is 11.0 Å². The van der Waals surface area contributed by atoms with E-state index in [1.54, 1.807) is 12.3 Å². The number of anilines is 1. The molecule has 0 bridgehead atoms. The van der Waals surface area contributed by atoms with Gasteiger partial charge in [-0.3, -0.25) is 23.7 Å². The number of aromatic nitrogens is 4. The van der Waals surface area contributed by atoms with Crippen LogP contribution in [0.5, 0.6) is 0 Å². The molecule has 0 aromatic carbocycles. The number of fused-ring (bicyclic) bond motifs is 1. The number of rotatable bonds is 2. The molecule has 0 atom stereocenters. The highest BCUT2D eigenvalue weighted by Crippen LogP contribution is 2.15. The molecule has 9 heteroatoms. The zero-order valence-corrected chi connectivity index (χ0v) is 14.4. The molecule has 1 amide bonds. The highest BCUT2D eigenvalue weighted by atomic mass is 79.9. The second kappa shape index (κ2) is 6.00. The van der Waals surface area contributed by atoms with Crippen LogP contribution in [0.3, 0.4) is 0 Å². The maximum Gasteiger partial charge on any atom is 0.332 e. The molecule has 1 N–H and O–H groups in total. The van der Waals surface area contributed by atoms with E-state index in [0.717, 1.165) is 4.57 Å². The van der Waals surface area contributed by atoms with Crippen molar-refractivity contribution in [1.29, 1.82) is 0 Å². The maximum atomic E-state index is 12.2. The Bertz CT molecular complexity index is 1090. The minimum Gasteiger partial charge on any atom is -0.321 e. The van der Waals surface area contributed by atoms with Crippen molar-refractivity contribution in [3.8, 4) is 0 Å². The van der Waals surface area contributed by atoms with E-state index in [0.29, 0.717) is 15.7 Å². The topological polar surface area (TPSA) is 98.9 Å². The summed E-state index contributed by atoms with van der Waals surface area (Å²) in [6.07, 6.45) is 4.39. The number of nitrogens with zero attached hydrogens (tertiary/aromatic N) is 4. The van der Waals surface area contributed by atoms with Crippen molar-refractivity contribution in [2.75, 3.05) is 5.32 Å². The van der Waals surface area contributed by atoms with Gasteiger partial charge in [0.2, 0.25) is 0 Å². The molecule has 24 heavy (non-hydrogen) atoms. The fraction of sp³-hybridized carbons (Fsp3) is 0.133. The summed E-state index contributed by atoms with van der Waals surface area (Å²) in [7, 11) is 2.92. The third kappa shape index (κ3) is 2.73. The van der Waals surface area contributed by atoms with Crippen molar-refractivity contribution in [1.82, 2.24) is 19.1 Å². The van der Waals surface area contributed by atoms with Crippen LogP contribution in [0.1, 0.15) is 10.4 Å². The molecule has 0 radical (unpaired) electrons. The Morgan fingerprint density at radius 2 is 1.88 bits per heavy atom. The van der Waals surface area contributed by atoms with Gasteiger partial charge in [-0.1, -0.05) is 0 Å². The number of amides is 1. The first-order valence-electron chi connectivity index (χ1n) is 6.86. The van der Waals surface area contributed by atoms with E-state index in [2.05, 4.69) is 31.2 Å². The van der Waals surface area contributed by atoms with Crippen LogP contribution in [-0.2, 0) is 14.1 Å². The molecule has 0 saturated heterocycles. The molecule has 0 fully saturated rings. The quantitative estimate of drug-likeness (QED) is 0.705. The van der Waals surface area contributed by atoms with Gasteiger partial charge in [0.15, 0.2) is 0 Å². The first-order valence-corrected chi connectivity index (χ1v) is 7.65. The van der Waals surface area contributed by atoms with Crippen LogP contribution >= 0.6 is 15.9 Å². The predicted molar refractivity (Wildman–Crippen MR) is 92.1 cm³/mol. The third-order valence-electron chi connectivity index (χ3n) is 3.52.